The summed E-state index contributed by atoms with van der Waals surface area (Å²) in [6.45, 7) is 9.41. The lowest BCUT2D eigenvalue weighted by Gasteiger charge is -2.33. The normalized spacial score (nSPS) is 17.8. The monoisotopic (exact) mass is 398 g/mol. The standard InChI is InChI=1S/C20H25F3N2O3/c1-5-13-11-14(8-9-16(13)20(21,22)23)17(26)25-10-6-7-15(12-25)24-18(27)28-19(2,3)4/h5,8-9,11,15H,1,6-7,10,12H2,2-4H3,(H,24,27). The van der Waals surface area contributed by atoms with Gasteiger partial charge in [0, 0.05) is 24.7 Å². The Morgan fingerprint density at radius 3 is 2.54 bits per heavy atom. The minimum atomic E-state index is -4.52. The summed E-state index contributed by atoms with van der Waals surface area (Å²) in [6, 6.07) is 2.98. The molecule has 1 aromatic rings. The number of alkyl halides is 3. The lowest BCUT2D eigenvalue weighted by Crippen LogP contribution is -2.50. The van der Waals surface area contributed by atoms with E-state index in [0.717, 1.165) is 12.1 Å². The van der Waals surface area contributed by atoms with Crippen LogP contribution in [0.15, 0.2) is 24.8 Å². The number of alkyl carbamates (subject to hydrolysis) is 1. The fourth-order valence-corrected chi connectivity index (χ4v) is 3.06. The highest BCUT2D eigenvalue weighted by molar-refractivity contribution is 5.95. The van der Waals surface area contributed by atoms with Gasteiger partial charge in [-0.25, -0.2) is 4.79 Å². The van der Waals surface area contributed by atoms with Crippen molar-refractivity contribution >= 4 is 18.1 Å². The van der Waals surface area contributed by atoms with Gasteiger partial charge in [0.05, 0.1) is 5.56 Å². The molecule has 1 fully saturated rings. The lowest BCUT2D eigenvalue weighted by molar-refractivity contribution is -0.137. The molecule has 28 heavy (non-hydrogen) atoms. The molecule has 0 aromatic heterocycles. The van der Waals surface area contributed by atoms with E-state index in [1.807, 2.05) is 0 Å². The van der Waals surface area contributed by atoms with Gasteiger partial charge in [-0.2, -0.15) is 13.2 Å². The van der Waals surface area contributed by atoms with Gasteiger partial charge in [0.15, 0.2) is 0 Å². The molecule has 1 aromatic carbocycles. The first-order valence-corrected chi connectivity index (χ1v) is 9.03. The van der Waals surface area contributed by atoms with Crippen molar-refractivity contribution in [1.82, 2.24) is 10.2 Å². The molecule has 1 saturated heterocycles. The van der Waals surface area contributed by atoms with Gasteiger partial charge in [0.1, 0.15) is 5.60 Å². The number of piperidine rings is 1. The first kappa shape index (κ1) is 21.8. The molecule has 5 nitrogen and oxygen atoms in total. The van der Waals surface area contributed by atoms with Crippen LogP contribution >= 0.6 is 0 Å². The van der Waals surface area contributed by atoms with Gasteiger partial charge in [-0.15, -0.1) is 0 Å². The molecule has 0 saturated carbocycles. The summed E-state index contributed by atoms with van der Waals surface area (Å²) in [5.74, 6) is -0.382. The van der Waals surface area contributed by atoms with E-state index in [9.17, 15) is 22.8 Å². The number of nitrogens with zero attached hydrogens (tertiary/aromatic N) is 1. The SMILES string of the molecule is C=Cc1cc(C(=O)N2CCCC(NC(=O)OC(C)(C)C)C2)ccc1C(F)(F)F. The predicted molar refractivity (Wildman–Crippen MR) is 99.8 cm³/mol. The largest absolute Gasteiger partial charge is 0.444 e. The highest BCUT2D eigenvalue weighted by Crippen LogP contribution is 2.33. The number of ether oxygens (including phenoxy) is 1. The number of rotatable bonds is 3. The van der Waals surface area contributed by atoms with Crippen molar-refractivity contribution in [2.45, 2.75) is 51.4 Å². The van der Waals surface area contributed by atoms with E-state index in [1.54, 1.807) is 20.8 Å². The molecule has 1 N–H and O–H groups in total. The summed E-state index contributed by atoms with van der Waals surface area (Å²) in [6.07, 6.45) is -2.63. The molecule has 0 bridgehead atoms. The second-order valence-corrected chi connectivity index (χ2v) is 7.74. The number of carbonyl (C=O) groups is 2. The molecule has 0 aliphatic carbocycles. The Bertz CT molecular complexity index is 754. The molecular formula is C20H25F3N2O3. The third kappa shape index (κ3) is 5.74. The van der Waals surface area contributed by atoms with Crippen molar-refractivity contribution in [3.8, 4) is 0 Å². The van der Waals surface area contributed by atoms with Crippen molar-refractivity contribution in [2.75, 3.05) is 13.1 Å². The van der Waals surface area contributed by atoms with Gasteiger partial charge in [-0.3, -0.25) is 4.79 Å². The number of hydrogen-bond donors (Lipinski definition) is 1. The molecule has 1 aliphatic rings. The molecular weight excluding hydrogens is 373 g/mol. The topological polar surface area (TPSA) is 58.6 Å². The minimum absolute atomic E-state index is 0.140. The van der Waals surface area contributed by atoms with Crippen molar-refractivity contribution in [1.29, 1.82) is 0 Å². The molecule has 1 unspecified atom stereocenters. The van der Waals surface area contributed by atoms with E-state index in [4.69, 9.17) is 4.74 Å². The average Bonchev–Trinajstić information content (AvgIpc) is 2.58. The number of likely N-dealkylation sites (tertiary alicyclic amines) is 1. The molecule has 154 valence electrons. The lowest BCUT2D eigenvalue weighted by atomic mass is 10.0. The first-order chi connectivity index (χ1) is 12.9. The first-order valence-electron chi connectivity index (χ1n) is 9.03. The summed E-state index contributed by atoms with van der Waals surface area (Å²) in [7, 11) is 0. The van der Waals surface area contributed by atoms with Crippen LogP contribution in [-0.4, -0.2) is 41.6 Å². The van der Waals surface area contributed by atoms with Crippen LogP contribution in [0.5, 0.6) is 0 Å². The molecule has 0 spiro atoms. The number of nitrogens with one attached hydrogen (secondary N) is 1. The maximum absolute atomic E-state index is 13.0. The second-order valence-electron chi connectivity index (χ2n) is 7.74. The molecule has 1 aliphatic heterocycles. The Morgan fingerprint density at radius 1 is 1.29 bits per heavy atom. The smallest absolute Gasteiger partial charge is 0.416 e. The highest BCUT2D eigenvalue weighted by atomic mass is 19.4. The van der Waals surface area contributed by atoms with Crippen LogP contribution in [0.2, 0.25) is 0 Å². The Labute approximate surface area is 162 Å². The third-order valence-corrected chi connectivity index (χ3v) is 4.25. The minimum Gasteiger partial charge on any atom is -0.444 e. The predicted octanol–water partition coefficient (Wildman–Crippen LogP) is 4.48. The van der Waals surface area contributed by atoms with Crippen LogP contribution in [0.4, 0.5) is 18.0 Å². The molecule has 8 heteroatoms. The Kier molecular flexibility index (Phi) is 6.41. The molecule has 1 heterocycles. The molecule has 1 atom stereocenters. The molecule has 2 amide bonds. The van der Waals surface area contributed by atoms with Crippen LogP contribution in [0, 0.1) is 0 Å². The Morgan fingerprint density at radius 2 is 1.96 bits per heavy atom. The van der Waals surface area contributed by atoms with E-state index < -0.39 is 23.4 Å². The van der Waals surface area contributed by atoms with Gasteiger partial charge in [-0.1, -0.05) is 12.7 Å². The van der Waals surface area contributed by atoms with Crippen molar-refractivity contribution in [3.63, 3.8) is 0 Å². The third-order valence-electron chi connectivity index (χ3n) is 4.25. The highest BCUT2D eigenvalue weighted by Gasteiger charge is 2.33. The summed E-state index contributed by atoms with van der Waals surface area (Å²) >= 11 is 0. The number of amides is 2. The van der Waals surface area contributed by atoms with Crippen molar-refractivity contribution in [3.05, 3.63) is 41.5 Å². The van der Waals surface area contributed by atoms with E-state index in [0.29, 0.717) is 19.4 Å². The second kappa shape index (κ2) is 8.24. The zero-order chi connectivity index (χ0) is 21.1. The maximum atomic E-state index is 13.0. The fraction of sp³-hybridized carbons (Fsp3) is 0.500. The van der Waals surface area contributed by atoms with Gasteiger partial charge in [-0.05, 0) is 57.4 Å². The van der Waals surface area contributed by atoms with Crippen LogP contribution in [0.1, 0.15) is 55.1 Å². The van der Waals surface area contributed by atoms with Crippen molar-refractivity contribution in [2.24, 2.45) is 0 Å². The van der Waals surface area contributed by atoms with Gasteiger partial charge in [0.2, 0.25) is 0 Å². The summed E-state index contributed by atoms with van der Waals surface area (Å²) < 4.78 is 44.3. The number of carbonyl (C=O) groups excluding carboxylic acids is 2. The Hall–Kier alpha value is -2.51. The van der Waals surface area contributed by atoms with E-state index in [-0.39, 0.29) is 29.6 Å². The van der Waals surface area contributed by atoms with Gasteiger partial charge in [0.25, 0.3) is 5.91 Å². The zero-order valence-corrected chi connectivity index (χ0v) is 16.2. The van der Waals surface area contributed by atoms with E-state index in [1.165, 1.54) is 17.0 Å². The van der Waals surface area contributed by atoms with Gasteiger partial charge < -0.3 is 15.0 Å². The van der Waals surface area contributed by atoms with Crippen LogP contribution in [0.3, 0.4) is 0 Å². The molecule has 2 rings (SSSR count). The maximum Gasteiger partial charge on any atom is 0.416 e. The number of halogens is 3. The summed E-state index contributed by atoms with van der Waals surface area (Å²) in [5.41, 5.74) is -1.45. The van der Waals surface area contributed by atoms with Crippen LogP contribution in [-0.2, 0) is 10.9 Å². The molecule has 0 radical (unpaired) electrons. The zero-order valence-electron chi connectivity index (χ0n) is 16.2. The van der Waals surface area contributed by atoms with E-state index >= 15 is 0 Å². The van der Waals surface area contributed by atoms with Gasteiger partial charge >= 0.3 is 12.3 Å². The van der Waals surface area contributed by atoms with Crippen LogP contribution in [0.25, 0.3) is 6.08 Å². The van der Waals surface area contributed by atoms with E-state index in [2.05, 4.69) is 11.9 Å². The average molecular weight is 398 g/mol. The Balaban J connectivity index is 2.09. The number of benzene rings is 1. The van der Waals surface area contributed by atoms with Crippen LogP contribution < -0.4 is 5.32 Å². The quantitative estimate of drug-likeness (QED) is 0.817. The summed E-state index contributed by atoms with van der Waals surface area (Å²) in [5, 5.41) is 2.74. The van der Waals surface area contributed by atoms with Crippen molar-refractivity contribution < 1.29 is 27.5 Å². The number of hydrogen-bond acceptors (Lipinski definition) is 3. The fourth-order valence-electron chi connectivity index (χ4n) is 3.06. The summed E-state index contributed by atoms with van der Waals surface area (Å²) in [4.78, 5) is 26.2.